The monoisotopic (exact) mass is 249 g/mol. The van der Waals surface area contributed by atoms with Crippen LogP contribution in [0.2, 0.25) is 0 Å². The van der Waals surface area contributed by atoms with Crippen LogP contribution in [0.1, 0.15) is 57.2 Å². The Morgan fingerprint density at radius 2 is 2.00 bits per heavy atom. The molecule has 0 amide bonds. The molecule has 0 bridgehead atoms. The van der Waals surface area contributed by atoms with Gasteiger partial charge in [0.15, 0.2) is 0 Å². The smallest absolute Gasteiger partial charge is 0.145 e. The first-order chi connectivity index (χ1) is 8.83. The van der Waals surface area contributed by atoms with Crippen molar-refractivity contribution in [1.29, 1.82) is 0 Å². The van der Waals surface area contributed by atoms with E-state index in [-0.39, 0.29) is 0 Å². The Labute approximate surface area is 109 Å². The summed E-state index contributed by atoms with van der Waals surface area (Å²) in [5.74, 6) is 8.48. The number of hydrazine groups is 1. The molecule has 1 aromatic rings. The number of unbranched alkanes of at least 4 members (excludes halogenated alkanes) is 3. The van der Waals surface area contributed by atoms with Crippen LogP contribution in [-0.2, 0) is 0 Å². The molecule has 5 nitrogen and oxygen atoms in total. The van der Waals surface area contributed by atoms with Gasteiger partial charge >= 0.3 is 0 Å². The maximum atomic E-state index is 5.43. The van der Waals surface area contributed by atoms with Crippen molar-refractivity contribution in [3.8, 4) is 0 Å². The maximum Gasteiger partial charge on any atom is 0.145 e. The Kier molecular flexibility index (Phi) is 4.75. The first-order valence-corrected chi connectivity index (χ1v) is 6.93. The van der Waals surface area contributed by atoms with Crippen molar-refractivity contribution in [2.75, 3.05) is 17.3 Å². The van der Waals surface area contributed by atoms with Crippen LogP contribution < -0.4 is 16.6 Å². The lowest BCUT2D eigenvalue weighted by molar-refractivity contribution is 0.684. The highest BCUT2D eigenvalue weighted by Gasteiger charge is 2.27. The van der Waals surface area contributed by atoms with E-state index in [2.05, 4.69) is 27.6 Å². The molecule has 5 heteroatoms. The van der Waals surface area contributed by atoms with Crippen LogP contribution in [0, 0.1) is 0 Å². The summed E-state index contributed by atoms with van der Waals surface area (Å²) < 4.78 is 0. The largest absolute Gasteiger partial charge is 0.370 e. The number of hydrogen-bond donors (Lipinski definition) is 3. The first-order valence-electron chi connectivity index (χ1n) is 6.93. The minimum atomic E-state index is 0.541. The maximum absolute atomic E-state index is 5.43. The molecule has 2 rings (SSSR count). The van der Waals surface area contributed by atoms with Gasteiger partial charge in [-0.2, -0.15) is 0 Å². The third-order valence-electron chi connectivity index (χ3n) is 3.17. The zero-order chi connectivity index (χ0) is 12.8. The second kappa shape index (κ2) is 6.54. The molecule has 1 heterocycles. The number of hydrogen-bond acceptors (Lipinski definition) is 5. The van der Waals surface area contributed by atoms with Crippen molar-refractivity contribution in [3.63, 3.8) is 0 Å². The number of nitrogens with two attached hydrogens (primary N) is 1. The fourth-order valence-corrected chi connectivity index (χ4v) is 1.92. The van der Waals surface area contributed by atoms with Crippen molar-refractivity contribution in [3.05, 3.63) is 11.9 Å². The molecule has 0 unspecified atom stereocenters. The topological polar surface area (TPSA) is 75.9 Å². The van der Waals surface area contributed by atoms with E-state index < -0.39 is 0 Å². The summed E-state index contributed by atoms with van der Waals surface area (Å²) in [5, 5.41) is 3.35. The third kappa shape index (κ3) is 3.84. The molecule has 0 spiro atoms. The Balaban J connectivity index is 1.88. The van der Waals surface area contributed by atoms with Gasteiger partial charge in [0.1, 0.15) is 17.5 Å². The Hall–Kier alpha value is -1.36. The molecule has 0 saturated heterocycles. The summed E-state index contributed by atoms with van der Waals surface area (Å²) in [5.41, 5.74) is 2.61. The molecular weight excluding hydrogens is 226 g/mol. The van der Waals surface area contributed by atoms with Gasteiger partial charge in [0.05, 0.1) is 0 Å². The highest BCUT2D eigenvalue weighted by molar-refractivity contribution is 5.47. The summed E-state index contributed by atoms with van der Waals surface area (Å²) >= 11 is 0. The zero-order valence-electron chi connectivity index (χ0n) is 11.1. The molecular formula is C13H23N5. The van der Waals surface area contributed by atoms with Gasteiger partial charge in [-0.3, -0.25) is 0 Å². The van der Waals surface area contributed by atoms with Crippen LogP contribution in [0.15, 0.2) is 6.07 Å². The molecule has 18 heavy (non-hydrogen) atoms. The minimum Gasteiger partial charge on any atom is -0.370 e. The highest BCUT2D eigenvalue weighted by atomic mass is 15.3. The number of aromatic nitrogens is 2. The highest BCUT2D eigenvalue weighted by Crippen LogP contribution is 2.38. The molecule has 1 fully saturated rings. The van der Waals surface area contributed by atoms with Gasteiger partial charge in [0, 0.05) is 18.5 Å². The standard InChI is InChI=1S/C13H23N5/c1-2-3-4-5-8-15-11-9-12(18-14)17-13(16-11)10-6-7-10/h9-10H,2-8,14H2,1H3,(H2,15,16,17,18). The fourth-order valence-electron chi connectivity index (χ4n) is 1.92. The Bertz CT molecular complexity index is 376. The fraction of sp³-hybridized carbons (Fsp3) is 0.692. The Morgan fingerprint density at radius 1 is 1.22 bits per heavy atom. The van der Waals surface area contributed by atoms with Gasteiger partial charge in [-0.25, -0.2) is 15.8 Å². The van der Waals surface area contributed by atoms with Crippen molar-refractivity contribution in [2.45, 2.75) is 51.4 Å². The average molecular weight is 249 g/mol. The lowest BCUT2D eigenvalue weighted by Gasteiger charge is -2.09. The normalized spacial score (nSPS) is 14.6. The van der Waals surface area contributed by atoms with E-state index in [9.17, 15) is 0 Å². The summed E-state index contributed by atoms with van der Waals surface area (Å²) in [6.07, 6.45) is 7.41. The van der Waals surface area contributed by atoms with E-state index in [1.54, 1.807) is 0 Å². The van der Waals surface area contributed by atoms with E-state index >= 15 is 0 Å². The van der Waals surface area contributed by atoms with E-state index in [0.717, 1.165) is 18.2 Å². The van der Waals surface area contributed by atoms with Crippen LogP contribution in [-0.4, -0.2) is 16.5 Å². The van der Waals surface area contributed by atoms with Crippen molar-refractivity contribution in [1.82, 2.24) is 9.97 Å². The van der Waals surface area contributed by atoms with Crippen molar-refractivity contribution < 1.29 is 0 Å². The first kappa shape index (κ1) is 13.1. The second-order valence-electron chi connectivity index (χ2n) is 4.90. The molecule has 100 valence electrons. The number of nitrogen functional groups attached to an aromatic ring is 1. The van der Waals surface area contributed by atoms with E-state index in [1.807, 2.05) is 6.07 Å². The summed E-state index contributed by atoms with van der Waals surface area (Å²) in [4.78, 5) is 8.93. The lowest BCUT2D eigenvalue weighted by Crippen LogP contribution is -2.12. The van der Waals surface area contributed by atoms with Crippen LogP contribution in [0.3, 0.4) is 0 Å². The molecule has 0 aromatic carbocycles. The zero-order valence-corrected chi connectivity index (χ0v) is 11.1. The molecule has 0 radical (unpaired) electrons. The SMILES string of the molecule is CCCCCCNc1cc(NN)nc(C2CC2)n1. The second-order valence-corrected chi connectivity index (χ2v) is 4.90. The van der Waals surface area contributed by atoms with Crippen LogP contribution in [0.4, 0.5) is 11.6 Å². The molecule has 4 N–H and O–H groups in total. The van der Waals surface area contributed by atoms with E-state index in [1.165, 1.54) is 38.5 Å². The molecule has 1 aromatic heterocycles. The molecule has 0 atom stereocenters. The van der Waals surface area contributed by atoms with Crippen LogP contribution in [0.25, 0.3) is 0 Å². The summed E-state index contributed by atoms with van der Waals surface area (Å²) in [7, 11) is 0. The minimum absolute atomic E-state index is 0.541. The number of anilines is 2. The lowest BCUT2D eigenvalue weighted by atomic mass is 10.2. The van der Waals surface area contributed by atoms with Gasteiger partial charge in [-0.1, -0.05) is 26.2 Å². The molecule has 0 aliphatic heterocycles. The van der Waals surface area contributed by atoms with Gasteiger partial charge in [-0.15, -0.1) is 0 Å². The van der Waals surface area contributed by atoms with Gasteiger partial charge in [-0.05, 0) is 19.3 Å². The van der Waals surface area contributed by atoms with Gasteiger partial charge in [0.25, 0.3) is 0 Å². The van der Waals surface area contributed by atoms with Gasteiger partial charge < -0.3 is 10.7 Å². The van der Waals surface area contributed by atoms with Crippen LogP contribution >= 0.6 is 0 Å². The molecule has 1 aliphatic carbocycles. The van der Waals surface area contributed by atoms with E-state index in [4.69, 9.17) is 5.84 Å². The third-order valence-corrected chi connectivity index (χ3v) is 3.17. The predicted octanol–water partition coefficient (Wildman–Crippen LogP) is 2.63. The number of nitrogens with one attached hydrogen (secondary N) is 2. The van der Waals surface area contributed by atoms with Crippen molar-refractivity contribution >= 4 is 11.6 Å². The number of rotatable bonds is 8. The predicted molar refractivity (Wildman–Crippen MR) is 74.4 cm³/mol. The average Bonchev–Trinajstić information content (AvgIpc) is 3.22. The van der Waals surface area contributed by atoms with E-state index in [0.29, 0.717) is 11.7 Å². The van der Waals surface area contributed by atoms with Crippen molar-refractivity contribution in [2.24, 2.45) is 5.84 Å². The summed E-state index contributed by atoms with van der Waals surface area (Å²) in [6, 6.07) is 1.87. The Morgan fingerprint density at radius 3 is 2.67 bits per heavy atom. The summed E-state index contributed by atoms with van der Waals surface area (Å²) in [6.45, 7) is 3.18. The number of nitrogens with zero attached hydrogens (tertiary/aromatic N) is 2. The van der Waals surface area contributed by atoms with Crippen LogP contribution in [0.5, 0.6) is 0 Å². The molecule has 1 aliphatic rings. The molecule has 1 saturated carbocycles. The quantitative estimate of drug-likeness (QED) is 0.375. The van der Waals surface area contributed by atoms with Gasteiger partial charge in [0.2, 0.25) is 0 Å².